The number of thioether (sulfide) groups is 1. The van der Waals surface area contributed by atoms with Crippen LogP contribution in [-0.4, -0.2) is 22.6 Å². The van der Waals surface area contributed by atoms with Crippen LogP contribution in [0.4, 0.5) is 4.39 Å². The van der Waals surface area contributed by atoms with Crippen molar-refractivity contribution in [1.29, 1.82) is 0 Å². The van der Waals surface area contributed by atoms with Gasteiger partial charge in [-0.1, -0.05) is 6.07 Å². The summed E-state index contributed by atoms with van der Waals surface area (Å²) in [5.41, 5.74) is 3.68. The van der Waals surface area contributed by atoms with Gasteiger partial charge in [-0.15, -0.1) is 11.8 Å². The van der Waals surface area contributed by atoms with Gasteiger partial charge in [0.15, 0.2) is 5.75 Å². The maximum absolute atomic E-state index is 13.2. The number of aryl methyl sites for hydroxylation is 1. The highest BCUT2D eigenvalue weighted by molar-refractivity contribution is 7.99. The molecule has 0 aliphatic carbocycles. The molecule has 3 N–H and O–H groups in total. The lowest BCUT2D eigenvalue weighted by Gasteiger charge is -2.18. The zero-order chi connectivity index (χ0) is 15.2. The van der Waals surface area contributed by atoms with Crippen LogP contribution in [0.15, 0.2) is 35.4 Å². The molecule has 0 saturated heterocycles. The molecule has 0 fully saturated rings. The summed E-state index contributed by atoms with van der Waals surface area (Å²) in [4.78, 5) is 0.858. The van der Waals surface area contributed by atoms with E-state index in [9.17, 15) is 4.39 Å². The van der Waals surface area contributed by atoms with E-state index in [2.05, 4.69) is 10.5 Å². The monoisotopic (exact) mass is 310 g/mol. The Bertz CT molecular complexity index is 569. The molecule has 21 heavy (non-hydrogen) atoms. The van der Waals surface area contributed by atoms with Gasteiger partial charge in [0.1, 0.15) is 5.82 Å². The molecule has 1 atom stereocenters. The molecule has 0 spiro atoms. The summed E-state index contributed by atoms with van der Waals surface area (Å²) >= 11 is 1.52. The summed E-state index contributed by atoms with van der Waals surface area (Å²) in [6.07, 6.45) is 1.68. The Balaban J connectivity index is 2.15. The van der Waals surface area contributed by atoms with Crippen molar-refractivity contribution in [3.63, 3.8) is 0 Å². The van der Waals surface area contributed by atoms with Crippen molar-refractivity contribution in [3.8, 4) is 5.75 Å². The molecule has 1 aromatic heterocycles. The highest BCUT2D eigenvalue weighted by Crippen LogP contribution is 2.30. The molecular formula is C14H19FN4OS. The second kappa shape index (κ2) is 7.44. The summed E-state index contributed by atoms with van der Waals surface area (Å²) in [5.74, 6) is 6.76. The molecule has 0 aliphatic rings. The molecule has 0 bridgehead atoms. The van der Waals surface area contributed by atoms with Gasteiger partial charge in [0, 0.05) is 17.2 Å². The van der Waals surface area contributed by atoms with Crippen LogP contribution in [0, 0.1) is 5.82 Å². The van der Waals surface area contributed by atoms with Gasteiger partial charge in [-0.3, -0.25) is 16.0 Å². The van der Waals surface area contributed by atoms with Crippen LogP contribution >= 0.6 is 11.8 Å². The van der Waals surface area contributed by atoms with Gasteiger partial charge in [0.2, 0.25) is 0 Å². The number of benzene rings is 1. The Morgan fingerprint density at radius 1 is 1.52 bits per heavy atom. The minimum atomic E-state index is -0.242. The number of ether oxygens (including phenoxy) is 1. The molecule has 0 aliphatic heterocycles. The Kier molecular flexibility index (Phi) is 5.60. The number of aromatic nitrogens is 2. The van der Waals surface area contributed by atoms with E-state index >= 15 is 0 Å². The van der Waals surface area contributed by atoms with Crippen molar-refractivity contribution in [2.45, 2.75) is 24.4 Å². The van der Waals surface area contributed by atoms with Crippen LogP contribution in [0.25, 0.3) is 0 Å². The molecule has 7 heteroatoms. The molecule has 114 valence electrons. The number of halogens is 1. The number of hydrogen-bond donors (Lipinski definition) is 2. The first-order valence-corrected chi connectivity index (χ1v) is 7.62. The smallest absolute Gasteiger partial charge is 0.161 e. The van der Waals surface area contributed by atoms with E-state index in [0.717, 1.165) is 17.1 Å². The van der Waals surface area contributed by atoms with Gasteiger partial charge in [-0.2, -0.15) is 5.10 Å². The van der Waals surface area contributed by atoms with E-state index in [-0.39, 0.29) is 11.9 Å². The standard InChI is InChI=1S/C14H19FN4OS/c1-3-19-14(13(20-2)8-17-19)12(18-16)9-21-11-6-4-5-10(15)7-11/h4-8,12,18H,3,9,16H2,1-2H3. The second-order valence-corrected chi connectivity index (χ2v) is 5.49. The van der Waals surface area contributed by atoms with E-state index in [1.54, 1.807) is 19.4 Å². The van der Waals surface area contributed by atoms with Crippen LogP contribution in [0.3, 0.4) is 0 Å². The predicted octanol–water partition coefficient (Wildman–Crippen LogP) is 2.35. The van der Waals surface area contributed by atoms with Crippen molar-refractivity contribution in [2.24, 2.45) is 5.84 Å². The van der Waals surface area contributed by atoms with Crippen LogP contribution in [0.5, 0.6) is 5.75 Å². The minimum Gasteiger partial charge on any atom is -0.493 e. The Hall–Kier alpha value is -1.57. The molecule has 0 amide bonds. The molecular weight excluding hydrogens is 291 g/mol. The Morgan fingerprint density at radius 3 is 2.95 bits per heavy atom. The maximum Gasteiger partial charge on any atom is 0.161 e. The minimum absolute atomic E-state index is 0.143. The SMILES string of the molecule is CCn1ncc(OC)c1C(CSc1cccc(F)c1)NN. The molecule has 2 rings (SSSR count). The van der Waals surface area contributed by atoms with Crippen molar-refractivity contribution in [3.05, 3.63) is 42.0 Å². The fraction of sp³-hybridized carbons (Fsp3) is 0.357. The van der Waals surface area contributed by atoms with Crippen LogP contribution in [0.2, 0.25) is 0 Å². The van der Waals surface area contributed by atoms with E-state index in [4.69, 9.17) is 10.6 Å². The highest BCUT2D eigenvalue weighted by Gasteiger charge is 2.20. The molecule has 1 aromatic carbocycles. The highest BCUT2D eigenvalue weighted by atomic mass is 32.2. The lowest BCUT2D eigenvalue weighted by Crippen LogP contribution is -2.31. The van der Waals surface area contributed by atoms with E-state index in [1.165, 1.54) is 23.9 Å². The van der Waals surface area contributed by atoms with Gasteiger partial charge < -0.3 is 4.74 Å². The van der Waals surface area contributed by atoms with Crippen LogP contribution < -0.4 is 16.0 Å². The number of nitrogens with two attached hydrogens (primary N) is 1. The van der Waals surface area contributed by atoms with Crippen molar-refractivity contribution in [2.75, 3.05) is 12.9 Å². The summed E-state index contributed by atoms with van der Waals surface area (Å²) in [7, 11) is 1.60. The number of nitrogens with one attached hydrogen (secondary N) is 1. The summed E-state index contributed by atoms with van der Waals surface area (Å²) in [6.45, 7) is 2.73. The Morgan fingerprint density at radius 2 is 2.33 bits per heavy atom. The van der Waals surface area contributed by atoms with Crippen LogP contribution in [0.1, 0.15) is 18.7 Å². The molecule has 2 aromatic rings. The number of methoxy groups -OCH3 is 1. The van der Waals surface area contributed by atoms with Gasteiger partial charge >= 0.3 is 0 Å². The summed E-state index contributed by atoms with van der Waals surface area (Å²) in [6, 6.07) is 6.36. The summed E-state index contributed by atoms with van der Waals surface area (Å²) < 4.78 is 20.4. The Labute approximate surface area is 127 Å². The van der Waals surface area contributed by atoms with E-state index in [0.29, 0.717) is 11.5 Å². The fourth-order valence-corrected chi connectivity index (χ4v) is 3.06. The van der Waals surface area contributed by atoms with Gasteiger partial charge in [-0.05, 0) is 25.1 Å². The molecule has 1 unspecified atom stereocenters. The first kappa shape index (κ1) is 15.8. The topological polar surface area (TPSA) is 65.1 Å². The maximum atomic E-state index is 13.2. The van der Waals surface area contributed by atoms with Crippen molar-refractivity contribution >= 4 is 11.8 Å². The molecule has 1 heterocycles. The average molecular weight is 310 g/mol. The predicted molar refractivity (Wildman–Crippen MR) is 81.6 cm³/mol. The lowest BCUT2D eigenvalue weighted by molar-refractivity contribution is 0.397. The largest absolute Gasteiger partial charge is 0.493 e. The van der Waals surface area contributed by atoms with Gasteiger partial charge in [0.05, 0.1) is 25.0 Å². The third-order valence-corrected chi connectivity index (χ3v) is 4.20. The molecule has 5 nitrogen and oxygen atoms in total. The average Bonchev–Trinajstić information content (AvgIpc) is 2.91. The zero-order valence-electron chi connectivity index (χ0n) is 12.0. The second-order valence-electron chi connectivity index (χ2n) is 4.40. The number of hydrogen-bond acceptors (Lipinski definition) is 5. The summed E-state index contributed by atoms with van der Waals surface area (Å²) in [5, 5.41) is 4.27. The zero-order valence-corrected chi connectivity index (χ0v) is 12.9. The quantitative estimate of drug-likeness (QED) is 0.467. The third-order valence-electron chi connectivity index (χ3n) is 3.11. The molecule has 0 saturated carbocycles. The van der Waals surface area contributed by atoms with E-state index < -0.39 is 0 Å². The first-order chi connectivity index (χ1) is 10.2. The number of rotatable bonds is 7. The van der Waals surface area contributed by atoms with Gasteiger partial charge in [-0.25, -0.2) is 4.39 Å². The lowest BCUT2D eigenvalue weighted by atomic mass is 10.2. The van der Waals surface area contributed by atoms with E-state index in [1.807, 2.05) is 17.7 Å². The number of nitrogens with zero attached hydrogens (tertiary/aromatic N) is 2. The van der Waals surface area contributed by atoms with Gasteiger partial charge in [0.25, 0.3) is 0 Å². The third kappa shape index (κ3) is 3.75. The number of hydrazine groups is 1. The van der Waals surface area contributed by atoms with Crippen molar-refractivity contribution in [1.82, 2.24) is 15.2 Å². The normalized spacial score (nSPS) is 12.4. The van der Waals surface area contributed by atoms with Crippen molar-refractivity contribution < 1.29 is 9.13 Å². The fourth-order valence-electron chi connectivity index (χ4n) is 2.08. The van der Waals surface area contributed by atoms with Crippen LogP contribution in [-0.2, 0) is 6.54 Å². The first-order valence-electron chi connectivity index (χ1n) is 6.63. The molecule has 0 radical (unpaired) electrons.